The molecule has 0 atom stereocenters. The highest BCUT2D eigenvalue weighted by Gasteiger charge is 2.16. The van der Waals surface area contributed by atoms with Gasteiger partial charge in [0.05, 0.1) is 6.54 Å². The predicted molar refractivity (Wildman–Crippen MR) is 105 cm³/mol. The van der Waals surface area contributed by atoms with Crippen molar-refractivity contribution in [2.24, 2.45) is 0 Å². The van der Waals surface area contributed by atoms with E-state index in [9.17, 15) is 18.8 Å². The van der Waals surface area contributed by atoms with Crippen molar-refractivity contribution in [2.75, 3.05) is 32.1 Å². The van der Waals surface area contributed by atoms with Gasteiger partial charge in [0.15, 0.2) is 13.2 Å². The van der Waals surface area contributed by atoms with Gasteiger partial charge in [0.2, 0.25) is 5.91 Å². The van der Waals surface area contributed by atoms with Gasteiger partial charge in [-0.15, -0.1) is 0 Å². The number of halogens is 1. The summed E-state index contributed by atoms with van der Waals surface area (Å²) in [5.74, 6) is -2.00. The molecular formula is C21H23FN2O5. The van der Waals surface area contributed by atoms with Gasteiger partial charge in [0.25, 0.3) is 5.91 Å². The molecule has 8 heteroatoms. The molecule has 154 valence electrons. The fourth-order valence-corrected chi connectivity index (χ4v) is 2.49. The van der Waals surface area contributed by atoms with Crippen LogP contribution in [0.5, 0.6) is 5.75 Å². The van der Waals surface area contributed by atoms with Crippen LogP contribution in [-0.2, 0) is 19.1 Å². The molecule has 2 rings (SSSR count). The zero-order valence-electron chi connectivity index (χ0n) is 16.5. The molecule has 0 heterocycles. The van der Waals surface area contributed by atoms with Crippen molar-refractivity contribution in [3.63, 3.8) is 0 Å². The number of carbonyl (C=O) groups excluding carboxylic acids is 3. The first-order chi connectivity index (χ1) is 13.8. The van der Waals surface area contributed by atoms with Crippen LogP contribution in [-0.4, -0.2) is 49.5 Å². The maximum absolute atomic E-state index is 13.0. The quantitative estimate of drug-likeness (QED) is 0.686. The summed E-state index contributed by atoms with van der Waals surface area (Å²) in [6.45, 7) is 2.57. The number of esters is 1. The first-order valence-corrected chi connectivity index (χ1v) is 8.90. The molecule has 0 aliphatic carbocycles. The zero-order chi connectivity index (χ0) is 21.4. The van der Waals surface area contributed by atoms with Crippen molar-refractivity contribution in [3.8, 4) is 5.75 Å². The highest BCUT2D eigenvalue weighted by molar-refractivity contribution is 5.96. The maximum atomic E-state index is 13.0. The van der Waals surface area contributed by atoms with E-state index in [1.54, 1.807) is 0 Å². The van der Waals surface area contributed by atoms with E-state index in [1.807, 2.05) is 32.0 Å². The van der Waals surface area contributed by atoms with Crippen LogP contribution in [0.1, 0.15) is 11.1 Å². The number of anilines is 1. The zero-order valence-corrected chi connectivity index (χ0v) is 16.5. The lowest BCUT2D eigenvalue weighted by Crippen LogP contribution is -2.38. The third-order valence-corrected chi connectivity index (χ3v) is 4.06. The third kappa shape index (κ3) is 6.91. The second-order valence-electron chi connectivity index (χ2n) is 6.47. The van der Waals surface area contributed by atoms with E-state index in [2.05, 4.69) is 5.32 Å². The Labute approximate surface area is 168 Å². The summed E-state index contributed by atoms with van der Waals surface area (Å²) in [5.41, 5.74) is 2.54. The minimum atomic E-state index is -0.781. The standard InChI is InChI=1S/C21H23FN2O5/c1-14-6-4-7-15(2)21(14)23-18(25)11-24(3)19(26)12-29-20(27)13-28-17-9-5-8-16(22)10-17/h4-10H,11-13H2,1-3H3,(H,23,25). The molecule has 0 radical (unpaired) electrons. The van der Waals surface area contributed by atoms with Crippen LogP contribution in [0.2, 0.25) is 0 Å². The molecule has 0 saturated heterocycles. The molecule has 2 aromatic rings. The van der Waals surface area contributed by atoms with Gasteiger partial charge in [0.1, 0.15) is 11.6 Å². The van der Waals surface area contributed by atoms with Crippen molar-refractivity contribution in [1.29, 1.82) is 0 Å². The van der Waals surface area contributed by atoms with E-state index >= 15 is 0 Å². The summed E-state index contributed by atoms with van der Waals surface area (Å²) in [4.78, 5) is 37.1. The number of hydrogen-bond donors (Lipinski definition) is 1. The Kier molecular flexibility index (Phi) is 7.70. The fraction of sp³-hybridized carbons (Fsp3) is 0.286. The highest BCUT2D eigenvalue weighted by Crippen LogP contribution is 2.19. The number of nitrogens with zero attached hydrogens (tertiary/aromatic N) is 1. The van der Waals surface area contributed by atoms with Gasteiger partial charge in [-0.2, -0.15) is 0 Å². The van der Waals surface area contributed by atoms with Crippen LogP contribution in [0, 0.1) is 19.7 Å². The molecule has 0 aromatic heterocycles. The average Bonchev–Trinajstić information content (AvgIpc) is 2.67. The molecule has 2 amide bonds. The third-order valence-electron chi connectivity index (χ3n) is 4.06. The number of rotatable bonds is 8. The predicted octanol–water partition coefficient (Wildman–Crippen LogP) is 2.46. The molecule has 0 bridgehead atoms. The molecule has 29 heavy (non-hydrogen) atoms. The summed E-state index contributed by atoms with van der Waals surface area (Å²) in [5, 5.41) is 2.78. The van der Waals surface area contributed by atoms with Crippen molar-refractivity contribution in [3.05, 3.63) is 59.4 Å². The van der Waals surface area contributed by atoms with E-state index in [0.717, 1.165) is 22.1 Å². The highest BCUT2D eigenvalue weighted by atomic mass is 19.1. The smallest absolute Gasteiger partial charge is 0.344 e. The lowest BCUT2D eigenvalue weighted by Gasteiger charge is -2.18. The van der Waals surface area contributed by atoms with E-state index < -0.39 is 30.9 Å². The van der Waals surface area contributed by atoms with Crippen molar-refractivity contribution in [1.82, 2.24) is 4.90 Å². The lowest BCUT2D eigenvalue weighted by molar-refractivity contribution is -0.153. The molecule has 1 N–H and O–H groups in total. The number of nitrogens with one attached hydrogen (secondary N) is 1. The number of benzene rings is 2. The molecular weight excluding hydrogens is 379 g/mol. The fourth-order valence-electron chi connectivity index (χ4n) is 2.49. The van der Waals surface area contributed by atoms with E-state index in [-0.39, 0.29) is 18.2 Å². The molecule has 0 aliphatic rings. The van der Waals surface area contributed by atoms with Gasteiger partial charge in [-0.05, 0) is 37.1 Å². The normalized spacial score (nSPS) is 10.2. The minimum Gasteiger partial charge on any atom is -0.482 e. The summed E-state index contributed by atoms with van der Waals surface area (Å²) in [6, 6.07) is 11.0. The number of hydrogen-bond acceptors (Lipinski definition) is 5. The molecule has 0 saturated carbocycles. The molecule has 0 aliphatic heterocycles. The molecule has 0 fully saturated rings. The number of likely N-dealkylation sites (N-methyl/N-ethyl adjacent to an activating group) is 1. The SMILES string of the molecule is Cc1cccc(C)c1NC(=O)CN(C)C(=O)COC(=O)COc1cccc(F)c1. The van der Waals surface area contributed by atoms with Gasteiger partial charge < -0.3 is 19.7 Å². The summed E-state index contributed by atoms with van der Waals surface area (Å²) >= 11 is 0. The van der Waals surface area contributed by atoms with Crippen molar-refractivity contribution < 1.29 is 28.2 Å². The van der Waals surface area contributed by atoms with Crippen LogP contribution < -0.4 is 10.1 Å². The second kappa shape index (κ2) is 10.2. The van der Waals surface area contributed by atoms with Crippen molar-refractivity contribution in [2.45, 2.75) is 13.8 Å². The molecule has 0 unspecified atom stereocenters. The van der Waals surface area contributed by atoms with Crippen LogP contribution in [0.25, 0.3) is 0 Å². The van der Waals surface area contributed by atoms with E-state index in [4.69, 9.17) is 9.47 Å². The van der Waals surface area contributed by atoms with Crippen LogP contribution in [0.15, 0.2) is 42.5 Å². The van der Waals surface area contributed by atoms with E-state index in [0.29, 0.717) is 5.69 Å². The second-order valence-corrected chi connectivity index (χ2v) is 6.47. The van der Waals surface area contributed by atoms with Crippen molar-refractivity contribution >= 4 is 23.5 Å². The largest absolute Gasteiger partial charge is 0.482 e. The Hall–Kier alpha value is -3.42. The Morgan fingerprint density at radius 2 is 1.69 bits per heavy atom. The topological polar surface area (TPSA) is 84.9 Å². The maximum Gasteiger partial charge on any atom is 0.344 e. The molecule has 2 aromatic carbocycles. The van der Waals surface area contributed by atoms with Gasteiger partial charge >= 0.3 is 5.97 Å². The Balaban J connectivity index is 1.75. The van der Waals surface area contributed by atoms with Gasteiger partial charge in [-0.1, -0.05) is 24.3 Å². The average molecular weight is 402 g/mol. The van der Waals surface area contributed by atoms with Gasteiger partial charge in [-0.3, -0.25) is 9.59 Å². The number of para-hydroxylation sites is 1. The van der Waals surface area contributed by atoms with Crippen LogP contribution >= 0.6 is 0 Å². The number of amides is 2. The Bertz CT molecular complexity index is 880. The minimum absolute atomic E-state index is 0.175. The molecule has 7 nitrogen and oxygen atoms in total. The summed E-state index contributed by atoms with van der Waals surface area (Å²) in [7, 11) is 1.43. The summed E-state index contributed by atoms with van der Waals surface area (Å²) in [6.07, 6.45) is 0. The molecule has 0 spiro atoms. The van der Waals surface area contributed by atoms with Gasteiger partial charge in [0, 0.05) is 18.8 Å². The monoisotopic (exact) mass is 402 g/mol. The Morgan fingerprint density at radius 1 is 1.03 bits per heavy atom. The number of aryl methyl sites for hydroxylation is 2. The Morgan fingerprint density at radius 3 is 2.34 bits per heavy atom. The van der Waals surface area contributed by atoms with Gasteiger partial charge in [-0.25, -0.2) is 9.18 Å². The number of ether oxygens (including phenoxy) is 2. The first kappa shape index (κ1) is 21.9. The van der Waals surface area contributed by atoms with Crippen LogP contribution in [0.3, 0.4) is 0 Å². The number of carbonyl (C=O) groups is 3. The summed E-state index contributed by atoms with van der Waals surface area (Å²) < 4.78 is 23.0. The van der Waals surface area contributed by atoms with E-state index in [1.165, 1.54) is 25.2 Å². The lowest BCUT2D eigenvalue weighted by atomic mass is 10.1. The van der Waals surface area contributed by atoms with Crippen LogP contribution in [0.4, 0.5) is 10.1 Å². The first-order valence-electron chi connectivity index (χ1n) is 8.90.